The molecule has 0 aromatic heterocycles. The number of hydrogen-bond acceptors (Lipinski definition) is 3. The molecule has 4 heteroatoms. The highest BCUT2D eigenvalue weighted by molar-refractivity contribution is 5.78. The molecule has 2 aliphatic carbocycles. The lowest BCUT2D eigenvalue weighted by Crippen LogP contribution is -2.25. The molecule has 1 N–H and O–H groups in total. The van der Waals surface area contributed by atoms with Gasteiger partial charge in [-0.3, -0.25) is 4.79 Å². The van der Waals surface area contributed by atoms with Gasteiger partial charge in [-0.2, -0.15) is 5.10 Å². The Morgan fingerprint density at radius 2 is 2.15 bits per heavy atom. The molecule has 2 aliphatic rings. The number of amides is 1. The summed E-state index contributed by atoms with van der Waals surface area (Å²) in [4.78, 5) is 11.6. The Labute approximate surface area is 119 Å². The van der Waals surface area contributed by atoms with Crippen molar-refractivity contribution in [2.24, 2.45) is 22.9 Å². The standard InChI is InChI=1S/C16H20N2O2/c19-16(11-20-15-4-2-1-3-5-15)18-17-10-14-9-12-6-7-13(14)8-12/h1-5,10,12-14H,6-9,11H2,(H,18,19). The summed E-state index contributed by atoms with van der Waals surface area (Å²) < 4.78 is 5.35. The largest absolute Gasteiger partial charge is 0.484 e. The molecule has 3 rings (SSSR count). The highest BCUT2D eigenvalue weighted by atomic mass is 16.5. The number of para-hydroxylation sites is 1. The van der Waals surface area contributed by atoms with Gasteiger partial charge < -0.3 is 4.74 Å². The fourth-order valence-electron chi connectivity index (χ4n) is 3.38. The molecule has 1 aromatic carbocycles. The second kappa shape index (κ2) is 6.07. The van der Waals surface area contributed by atoms with E-state index in [0.717, 1.165) is 11.8 Å². The van der Waals surface area contributed by atoms with Crippen molar-refractivity contribution >= 4 is 12.1 Å². The number of fused-ring (bicyclic) bond motifs is 2. The molecule has 2 saturated carbocycles. The smallest absolute Gasteiger partial charge is 0.277 e. The number of carbonyl (C=O) groups is 1. The number of benzene rings is 1. The first-order valence-electron chi connectivity index (χ1n) is 7.31. The van der Waals surface area contributed by atoms with Crippen LogP contribution in [0.25, 0.3) is 0 Å². The monoisotopic (exact) mass is 272 g/mol. The molecule has 0 spiro atoms. The van der Waals surface area contributed by atoms with E-state index in [1.165, 1.54) is 25.7 Å². The number of hydrazone groups is 1. The number of carbonyl (C=O) groups excluding carboxylic acids is 1. The third-order valence-corrected chi connectivity index (χ3v) is 4.36. The van der Waals surface area contributed by atoms with E-state index in [1.807, 2.05) is 36.5 Å². The normalized spacial score (nSPS) is 27.9. The number of nitrogens with zero attached hydrogens (tertiary/aromatic N) is 1. The van der Waals surface area contributed by atoms with Crippen LogP contribution in [-0.4, -0.2) is 18.7 Å². The Bertz CT molecular complexity index is 487. The minimum Gasteiger partial charge on any atom is -0.484 e. The van der Waals surface area contributed by atoms with E-state index in [4.69, 9.17) is 4.74 Å². The zero-order valence-electron chi connectivity index (χ0n) is 11.5. The number of rotatable bonds is 5. The van der Waals surface area contributed by atoms with Crippen LogP contribution in [0.3, 0.4) is 0 Å². The van der Waals surface area contributed by atoms with E-state index < -0.39 is 0 Å². The molecule has 2 bridgehead atoms. The molecule has 1 aromatic rings. The fraction of sp³-hybridized carbons (Fsp3) is 0.500. The van der Waals surface area contributed by atoms with Gasteiger partial charge in [-0.05, 0) is 49.1 Å². The lowest BCUT2D eigenvalue weighted by molar-refractivity contribution is -0.123. The maximum atomic E-state index is 11.6. The van der Waals surface area contributed by atoms with Crippen LogP contribution in [0.2, 0.25) is 0 Å². The number of ether oxygens (including phenoxy) is 1. The minimum atomic E-state index is -0.215. The van der Waals surface area contributed by atoms with Crippen LogP contribution in [0.15, 0.2) is 35.4 Å². The topological polar surface area (TPSA) is 50.7 Å². The highest BCUT2D eigenvalue weighted by Gasteiger charge is 2.38. The maximum Gasteiger partial charge on any atom is 0.277 e. The maximum absolute atomic E-state index is 11.6. The fourth-order valence-corrected chi connectivity index (χ4v) is 3.38. The Morgan fingerprint density at radius 3 is 2.85 bits per heavy atom. The van der Waals surface area contributed by atoms with Gasteiger partial charge in [0.2, 0.25) is 0 Å². The van der Waals surface area contributed by atoms with Gasteiger partial charge in [0, 0.05) is 6.21 Å². The molecule has 106 valence electrons. The molecule has 3 atom stereocenters. The Kier molecular flexibility index (Phi) is 4.00. The Balaban J connectivity index is 1.39. The van der Waals surface area contributed by atoms with Crippen LogP contribution in [0.1, 0.15) is 25.7 Å². The quantitative estimate of drug-likeness (QED) is 0.661. The number of nitrogens with one attached hydrogen (secondary N) is 1. The van der Waals surface area contributed by atoms with Gasteiger partial charge in [0.25, 0.3) is 5.91 Å². The van der Waals surface area contributed by atoms with Gasteiger partial charge >= 0.3 is 0 Å². The number of hydrogen-bond donors (Lipinski definition) is 1. The second-order valence-corrected chi connectivity index (χ2v) is 5.75. The Hall–Kier alpha value is -1.84. The molecule has 2 fully saturated rings. The van der Waals surface area contributed by atoms with Crippen LogP contribution in [-0.2, 0) is 4.79 Å². The molecule has 4 nitrogen and oxygen atoms in total. The lowest BCUT2D eigenvalue weighted by Gasteiger charge is -2.16. The van der Waals surface area contributed by atoms with Crippen molar-refractivity contribution in [3.05, 3.63) is 30.3 Å². The lowest BCUT2D eigenvalue weighted by atomic mass is 9.90. The van der Waals surface area contributed by atoms with Crippen molar-refractivity contribution in [1.82, 2.24) is 5.43 Å². The SMILES string of the molecule is O=C(COc1ccccc1)NN=CC1CC2CCC1C2. The minimum absolute atomic E-state index is 0.00191. The van der Waals surface area contributed by atoms with Gasteiger partial charge in [0.05, 0.1) is 0 Å². The van der Waals surface area contributed by atoms with Crippen molar-refractivity contribution in [3.63, 3.8) is 0 Å². The van der Waals surface area contributed by atoms with Crippen molar-refractivity contribution in [1.29, 1.82) is 0 Å². The zero-order chi connectivity index (χ0) is 13.8. The van der Waals surface area contributed by atoms with Gasteiger partial charge in [0.15, 0.2) is 6.61 Å². The first kappa shape index (κ1) is 13.2. The zero-order valence-corrected chi connectivity index (χ0v) is 11.5. The van der Waals surface area contributed by atoms with Crippen LogP contribution < -0.4 is 10.2 Å². The molecular formula is C16H20N2O2. The van der Waals surface area contributed by atoms with E-state index in [-0.39, 0.29) is 12.5 Å². The summed E-state index contributed by atoms with van der Waals surface area (Å²) in [7, 11) is 0. The van der Waals surface area contributed by atoms with Crippen molar-refractivity contribution < 1.29 is 9.53 Å². The summed E-state index contributed by atoms with van der Waals surface area (Å²) in [6.45, 7) is -0.00191. The third-order valence-electron chi connectivity index (χ3n) is 4.36. The van der Waals surface area contributed by atoms with Gasteiger partial charge in [-0.15, -0.1) is 0 Å². The van der Waals surface area contributed by atoms with Crippen LogP contribution >= 0.6 is 0 Å². The van der Waals surface area contributed by atoms with E-state index in [9.17, 15) is 4.79 Å². The first-order chi connectivity index (χ1) is 9.81. The van der Waals surface area contributed by atoms with E-state index in [1.54, 1.807) is 0 Å². The second-order valence-electron chi connectivity index (χ2n) is 5.75. The summed E-state index contributed by atoms with van der Waals surface area (Å²) in [5.74, 6) is 2.73. The van der Waals surface area contributed by atoms with Crippen LogP contribution in [0.5, 0.6) is 5.75 Å². The van der Waals surface area contributed by atoms with Gasteiger partial charge in [-0.1, -0.05) is 24.6 Å². The average Bonchev–Trinajstić information content (AvgIpc) is 3.09. The van der Waals surface area contributed by atoms with Gasteiger partial charge in [0.1, 0.15) is 5.75 Å². The molecule has 0 saturated heterocycles. The van der Waals surface area contributed by atoms with Gasteiger partial charge in [-0.25, -0.2) is 5.43 Å². The summed E-state index contributed by atoms with van der Waals surface area (Å²) in [6.07, 6.45) is 7.22. The predicted octanol–water partition coefficient (Wildman–Crippen LogP) is 2.60. The van der Waals surface area contributed by atoms with Crippen LogP contribution in [0.4, 0.5) is 0 Å². The van der Waals surface area contributed by atoms with E-state index in [2.05, 4.69) is 10.5 Å². The van der Waals surface area contributed by atoms with Crippen LogP contribution in [0, 0.1) is 17.8 Å². The Morgan fingerprint density at radius 1 is 1.30 bits per heavy atom. The molecular weight excluding hydrogens is 252 g/mol. The summed E-state index contributed by atoms with van der Waals surface area (Å²) in [6, 6.07) is 9.31. The summed E-state index contributed by atoms with van der Waals surface area (Å²) in [5, 5.41) is 4.08. The van der Waals surface area contributed by atoms with Crippen molar-refractivity contribution in [2.45, 2.75) is 25.7 Å². The predicted molar refractivity (Wildman–Crippen MR) is 77.5 cm³/mol. The third kappa shape index (κ3) is 3.18. The molecule has 1 amide bonds. The molecule has 0 heterocycles. The highest BCUT2D eigenvalue weighted by Crippen LogP contribution is 2.47. The summed E-state index contributed by atoms with van der Waals surface area (Å²) in [5.41, 5.74) is 2.54. The first-order valence-corrected chi connectivity index (χ1v) is 7.31. The van der Waals surface area contributed by atoms with E-state index >= 15 is 0 Å². The summed E-state index contributed by atoms with van der Waals surface area (Å²) >= 11 is 0. The molecule has 0 aliphatic heterocycles. The molecule has 3 unspecified atom stereocenters. The molecule has 20 heavy (non-hydrogen) atoms. The van der Waals surface area contributed by atoms with Crippen molar-refractivity contribution in [3.8, 4) is 5.75 Å². The molecule has 0 radical (unpaired) electrons. The van der Waals surface area contributed by atoms with E-state index in [0.29, 0.717) is 11.7 Å². The van der Waals surface area contributed by atoms with Crippen molar-refractivity contribution in [2.75, 3.05) is 6.61 Å². The average molecular weight is 272 g/mol.